The highest BCUT2D eigenvalue weighted by molar-refractivity contribution is 7.16. The van der Waals surface area contributed by atoms with Crippen LogP contribution in [0.25, 0.3) is 11.3 Å². The second-order valence-corrected chi connectivity index (χ2v) is 5.92. The van der Waals surface area contributed by atoms with Crippen LogP contribution in [0.15, 0.2) is 30.3 Å². The summed E-state index contributed by atoms with van der Waals surface area (Å²) in [6, 6.07) is 10.5. The molecule has 0 bridgehead atoms. The minimum absolute atomic E-state index is 0.885. The number of nitrogens with one attached hydrogen (secondary N) is 1. The standard InChI is InChI=1S/C15H19N3S/c1-16-11-13-14(12-7-3-2-4-8-12)17-15(19-13)18-9-5-6-10-18/h2-4,7-8,16H,5-6,9-11H2,1H3. The highest BCUT2D eigenvalue weighted by Gasteiger charge is 2.19. The zero-order valence-electron chi connectivity index (χ0n) is 11.2. The molecule has 3 nitrogen and oxygen atoms in total. The Labute approximate surface area is 118 Å². The summed E-state index contributed by atoms with van der Waals surface area (Å²) in [7, 11) is 1.99. The van der Waals surface area contributed by atoms with E-state index < -0.39 is 0 Å². The van der Waals surface area contributed by atoms with Crippen molar-refractivity contribution < 1.29 is 0 Å². The summed E-state index contributed by atoms with van der Waals surface area (Å²) in [5.74, 6) is 0. The zero-order valence-corrected chi connectivity index (χ0v) is 12.0. The van der Waals surface area contributed by atoms with Gasteiger partial charge in [0.25, 0.3) is 0 Å². The number of benzene rings is 1. The number of nitrogens with zero attached hydrogens (tertiary/aromatic N) is 2. The maximum Gasteiger partial charge on any atom is 0.186 e. The lowest BCUT2D eigenvalue weighted by molar-refractivity contribution is 0.830. The summed E-state index contributed by atoms with van der Waals surface area (Å²) < 4.78 is 0. The normalized spacial score (nSPS) is 15.1. The Bertz CT molecular complexity index is 530. The second kappa shape index (κ2) is 5.72. The molecule has 0 radical (unpaired) electrons. The van der Waals surface area contributed by atoms with Crippen LogP contribution in [-0.2, 0) is 6.54 Å². The average Bonchev–Trinajstić information content (AvgIpc) is 3.08. The highest BCUT2D eigenvalue weighted by atomic mass is 32.1. The predicted molar refractivity (Wildman–Crippen MR) is 81.8 cm³/mol. The summed E-state index contributed by atoms with van der Waals surface area (Å²) in [5.41, 5.74) is 2.36. The van der Waals surface area contributed by atoms with Crippen LogP contribution in [0.3, 0.4) is 0 Å². The van der Waals surface area contributed by atoms with Gasteiger partial charge in [-0.1, -0.05) is 41.7 Å². The number of aromatic nitrogens is 1. The molecule has 2 aromatic rings. The van der Waals surface area contributed by atoms with Crippen molar-refractivity contribution in [1.82, 2.24) is 10.3 Å². The van der Waals surface area contributed by atoms with E-state index in [0.717, 1.165) is 25.3 Å². The molecule has 19 heavy (non-hydrogen) atoms. The van der Waals surface area contributed by atoms with Crippen molar-refractivity contribution in [3.8, 4) is 11.3 Å². The van der Waals surface area contributed by atoms with Gasteiger partial charge in [-0.25, -0.2) is 4.98 Å². The van der Waals surface area contributed by atoms with E-state index in [0.29, 0.717) is 0 Å². The minimum Gasteiger partial charge on any atom is -0.348 e. The summed E-state index contributed by atoms with van der Waals surface area (Å²) in [4.78, 5) is 8.63. The van der Waals surface area contributed by atoms with E-state index in [4.69, 9.17) is 4.98 Å². The lowest BCUT2D eigenvalue weighted by Crippen LogP contribution is -2.17. The lowest BCUT2D eigenvalue weighted by Gasteiger charge is -2.12. The number of hydrogen-bond acceptors (Lipinski definition) is 4. The van der Waals surface area contributed by atoms with E-state index in [1.165, 1.54) is 28.4 Å². The van der Waals surface area contributed by atoms with E-state index in [9.17, 15) is 0 Å². The number of thiazole rings is 1. The van der Waals surface area contributed by atoms with Crippen molar-refractivity contribution in [2.45, 2.75) is 19.4 Å². The summed E-state index contributed by atoms with van der Waals surface area (Å²) >= 11 is 1.83. The third kappa shape index (κ3) is 2.65. The Hall–Kier alpha value is -1.39. The van der Waals surface area contributed by atoms with Crippen molar-refractivity contribution in [2.24, 2.45) is 0 Å². The molecule has 1 aliphatic heterocycles. The Morgan fingerprint density at radius 3 is 2.63 bits per heavy atom. The fourth-order valence-corrected chi connectivity index (χ4v) is 3.63. The largest absolute Gasteiger partial charge is 0.348 e. The zero-order chi connectivity index (χ0) is 13.1. The molecule has 0 amide bonds. The smallest absolute Gasteiger partial charge is 0.186 e. The summed E-state index contributed by atoms with van der Waals surface area (Å²) in [6.45, 7) is 3.19. The fourth-order valence-electron chi connectivity index (χ4n) is 2.48. The van der Waals surface area contributed by atoms with Gasteiger partial charge in [0.2, 0.25) is 0 Å². The van der Waals surface area contributed by atoms with Crippen LogP contribution in [0.5, 0.6) is 0 Å². The molecule has 3 rings (SSSR count). The van der Waals surface area contributed by atoms with Crippen LogP contribution in [0.2, 0.25) is 0 Å². The van der Waals surface area contributed by atoms with Gasteiger partial charge in [-0.3, -0.25) is 0 Å². The van der Waals surface area contributed by atoms with Crippen LogP contribution in [0.4, 0.5) is 5.13 Å². The van der Waals surface area contributed by atoms with Gasteiger partial charge < -0.3 is 10.2 Å². The second-order valence-electron chi connectivity index (χ2n) is 4.86. The number of hydrogen-bond donors (Lipinski definition) is 1. The van der Waals surface area contributed by atoms with Crippen LogP contribution in [0.1, 0.15) is 17.7 Å². The van der Waals surface area contributed by atoms with E-state index in [1.54, 1.807) is 0 Å². The molecular formula is C15H19N3S. The van der Waals surface area contributed by atoms with E-state index in [-0.39, 0.29) is 0 Å². The first-order chi connectivity index (χ1) is 9.38. The Morgan fingerprint density at radius 1 is 1.21 bits per heavy atom. The van der Waals surface area contributed by atoms with Crippen molar-refractivity contribution in [1.29, 1.82) is 0 Å². The molecule has 0 saturated carbocycles. The van der Waals surface area contributed by atoms with Crippen LogP contribution in [0, 0.1) is 0 Å². The quantitative estimate of drug-likeness (QED) is 0.927. The third-order valence-electron chi connectivity index (χ3n) is 3.45. The van der Waals surface area contributed by atoms with E-state index in [1.807, 2.05) is 18.4 Å². The average molecular weight is 273 g/mol. The van der Waals surface area contributed by atoms with Gasteiger partial charge >= 0.3 is 0 Å². The molecule has 1 aromatic carbocycles. The predicted octanol–water partition coefficient (Wildman–Crippen LogP) is 3.13. The molecule has 0 unspecified atom stereocenters. The number of anilines is 1. The molecule has 0 atom stereocenters. The Morgan fingerprint density at radius 2 is 1.95 bits per heavy atom. The molecule has 0 spiro atoms. The van der Waals surface area contributed by atoms with Gasteiger partial charge in [0.15, 0.2) is 5.13 Å². The molecule has 1 aromatic heterocycles. The Balaban J connectivity index is 1.97. The van der Waals surface area contributed by atoms with Gasteiger partial charge in [-0.2, -0.15) is 0 Å². The molecular weight excluding hydrogens is 254 g/mol. The van der Waals surface area contributed by atoms with E-state index >= 15 is 0 Å². The summed E-state index contributed by atoms with van der Waals surface area (Å²) in [6.07, 6.45) is 2.59. The first-order valence-electron chi connectivity index (χ1n) is 6.83. The van der Waals surface area contributed by atoms with E-state index in [2.05, 4.69) is 40.5 Å². The van der Waals surface area contributed by atoms with Crippen LogP contribution >= 0.6 is 11.3 Å². The molecule has 0 aliphatic carbocycles. The monoisotopic (exact) mass is 273 g/mol. The number of rotatable bonds is 4. The van der Waals surface area contributed by atoms with Crippen molar-refractivity contribution >= 4 is 16.5 Å². The molecule has 2 heterocycles. The molecule has 1 saturated heterocycles. The Kier molecular flexibility index (Phi) is 3.80. The molecule has 1 aliphatic rings. The third-order valence-corrected chi connectivity index (χ3v) is 4.56. The van der Waals surface area contributed by atoms with Gasteiger partial charge in [0.05, 0.1) is 5.69 Å². The van der Waals surface area contributed by atoms with Crippen molar-refractivity contribution in [3.05, 3.63) is 35.2 Å². The lowest BCUT2D eigenvalue weighted by atomic mass is 10.1. The van der Waals surface area contributed by atoms with Gasteiger partial charge in [0.1, 0.15) is 0 Å². The maximum absolute atomic E-state index is 4.89. The van der Waals surface area contributed by atoms with Crippen molar-refractivity contribution in [3.63, 3.8) is 0 Å². The molecule has 100 valence electrons. The first kappa shape index (κ1) is 12.6. The summed E-state index contributed by atoms with van der Waals surface area (Å²) in [5, 5.41) is 4.43. The van der Waals surface area contributed by atoms with Gasteiger partial charge in [-0.05, 0) is 19.9 Å². The molecule has 1 N–H and O–H groups in total. The SMILES string of the molecule is CNCc1sc(N2CCCC2)nc1-c1ccccc1. The maximum atomic E-state index is 4.89. The first-order valence-corrected chi connectivity index (χ1v) is 7.65. The molecule has 4 heteroatoms. The van der Waals surface area contributed by atoms with Gasteiger partial charge in [0, 0.05) is 30.1 Å². The van der Waals surface area contributed by atoms with Gasteiger partial charge in [-0.15, -0.1) is 0 Å². The van der Waals surface area contributed by atoms with Crippen LogP contribution < -0.4 is 10.2 Å². The molecule has 1 fully saturated rings. The fraction of sp³-hybridized carbons (Fsp3) is 0.400. The van der Waals surface area contributed by atoms with Crippen LogP contribution in [-0.4, -0.2) is 25.1 Å². The topological polar surface area (TPSA) is 28.2 Å². The van der Waals surface area contributed by atoms with Crippen molar-refractivity contribution in [2.75, 3.05) is 25.0 Å². The highest BCUT2D eigenvalue weighted by Crippen LogP contribution is 2.34. The minimum atomic E-state index is 0.885.